The van der Waals surface area contributed by atoms with Gasteiger partial charge in [0.25, 0.3) is 3.79 Å². The maximum absolute atomic E-state index is 13.2. The number of alkyl halides is 3. The molecule has 4 aliphatic rings. The van der Waals surface area contributed by atoms with E-state index in [1.807, 2.05) is 0 Å². The third-order valence-electron chi connectivity index (χ3n) is 11.5. The van der Waals surface area contributed by atoms with Gasteiger partial charge in [0.2, 0.25) is 12.2 Å². The molecule has 0 aromatic rings. The van der Waals surface area contributed by atoms with Gasteiger partial charge in [-0.15, -0.1) is 0 Å². The SMILES string of the molecule is CC(=O)OCC1OC(OC(=N)C(Cl)(Cl)Cl)C(N=[N+]=[N-])[C@@H](O[C@@H]2OC(C)[C@@H](OC(C)=O)C(OC(C)=O)[C@H]2OC(C)=O)[C@@H]1O[C@@H]1OC(COC(C)=O)[C@H](OC(C)=O)[C@H](OC(C)=O)C1OC1OC(C)[C@@H](OC(C)=O)C(OC(C)=O)[C@H]1OC(C)=O. The number of ether oxygens (including phenoxy) is 18. The number of halogens is 3. The minimum absolute atomic E-state index is 0.823. The van der Waals surface area contributed by atoms with Gasteiger partial charge in [0.1, 0.15) is 43.7 Å². The molecule has 4 fully saturated rings. The summed E-state index contributed by atoms with van der Waals surface area (Å²) in [7, 11) is 0. The number of hydrogen-bond acceptors (Lipinski definition) is 30. The Bertz CT molecular complexity index is 2390. The molecule has 0 aromatic carbocycles. The van der Waals surface area contributed by atoms with Crippen molar-refractivity contribution in [2.75, 3.05) is 13.2 Å². The largest absolute Gasteiger partial charge is 0.463 e. The Kier molecular flexibility index (Phi) is 24.9. The highest BCUT2D eigenvalue weighted by Gasteiger charge is 2.61. The number of hydrogen-bond donors (Lipinski definition) is 1. The van der Waals surface area contributed by atoms with Crippen molar-refractivity contribution >= 4 is 100 Å². The highest BCUT2D eigenvalue weighted by molar-refractivity contribution is 6.76. The lowest BCUT2D eigenvalue weighted by Crippen LogP contribution is -2.69. The van der Waals surface area contributed by atoms with E-state index in [0.29, 0.717) is 0 Å². The molecule has 35 heteroatoms. The molecule has 4 saturated heterocycles. The molecule has 4 aliphatic heterocycles. The van der Waals surface area contributed by atoms with Gasteiger partial charge in [-0.05, 0) is 19.4 Å². The normalized spacial score (nSPS) is 33.7. The first-order chi connectivity index (χ1) is 37.7. The minimum Gasteiger partial charge on any atom is -0.463 e. The minimum atomic E-state index is -2.65. The standard InChI is InChI=1S/C46H61Cl3N4O28/c1-15-30(68-19(5)56)35(71-22(8)59)38(74-25(11)62)42(66-15)79-34-29(52-53-51)41(81-45(50)46(47,48)49)76-27(13-64-17(3)54)32(34)78-44-40(37(73-24(10)61)33(70-21(7)58)28(77-44)14-65-18(4)55)80-43-39(75-26(12)63)36(72-23(9)60)31(16(2)67-43)69-20(6)57/h15-16,27-44,50H,13-14H2,1-12H3/t15?,16?,27?,28?,29?,30-,31-,32-,33+,34-,35?,36?,37+,38-,39-,40?,41?,42+,43?,44+/m1/s1. The molecule has 4 heterocycles. The number of nitrogens with one attached hydrogen (secondary N) is 1. The maximum atomic E-state index is 13.2. The molecule has 0 aliphatic carbocycles. The Balaban J connectivity index is 2.11. The fourth-order valence-electron chi connectivity index (χ4n) is 8.76. The monoisotopic (exact) mass is 1220 g/mol. The number of rotatable bonds is 20. The van der Waals surface area contributed by atoms with Crippen LogP contribution in [0.3, 0.4) is 0 Å². The van der Waals surface area contributed by atoms with Crippen LogP contribution in [0.5, 0.6) is 0 Å². The Morgan fingerprint density at radius 2 is 0.728 bits per heavy atom. The van der Waals surface area contributed by atoms with Gasteiger partial charge in [-0.25, -0.2) is 0 Å². The summed E-state index contributed by atoms with van der Waals surface area (Å²) >= 11 is 18.0. The Morgan fingerprint density at radius 1 is 0.420 bits per heavy atom. The molecule has 1 N–H and O–H groups in total. The summed E-state index contributed by atoms with van der Waals surface area (Å²) in [5, 5.41) is 12.3. The van der Waals surface area contributed by atoms with Crippen molar-refractivity contribution in [1.29, 1.82) is 5.41 Å². The van der Waals surface area contributed by atoms with Crippen molar-refractivity contribution in [3.63, 3.8) is 0 Å². The van der Waals surface area contributed by atoms with E-state index in [4.69, 9.17) is 125 Å². The van der Waals surface area contributed by atoms with Gasteiger partial charge in [0, 0.05) is 74.1 Å². The Hall–Kier alpha value is -5.93. The van der Waals surface area contributed by atoms with E-state index < -0.39 is 205 Å². The highest BCUT2D eigenvalue weighted by atomic mass is 35.6. The summed E-state index contributed by atoms with van der Waals surface area (Å²) in [5.74, 6) is -11.1. The van der Waals surface area contributed by atoms with E-state index in [9.17, 15) is 53.5 Å². The summed E-state index contributed by atoms with van der Waals surface area (Å²) in [4.78, 5) is 130. The van der Waals surface area contributed by atoms with Crippen molar-refractivity contribution in [2.45, 2.75) is 210 Å². The summed E-state index contributed by atoms with van der Waals surface area (Å²) in [6, 6.07) is -2.06. The van der Waals surface area contributed by atoms with Crippen molar-refractivity contribution in [2.24, 2.45) is 5.11 Å². The van der Waals surface area contributed by atoms with Crippen LogP contribution in [-0.4, -0.2) is 205 Å². The van der Waals surface area contributed by atoms with Crippen molar-refractivity contribution < 1.29 is 133 Å². The number of azide groups is 1. The smallest absolute Gasteiger partial charge is 0.303 e. The first kappa shape index (κ1) is 67.6. The van der Waals surface area contributed by atoms with E-state index in [-0.39, 0.29) is 0 Å². The van der Waals surface area contributed by atoms with Crippen LogP contribution >= 0.6 is 34.8 Å². The van der Waals surface area contributed by atoms with Crippen LogP contribution in [-0.2, 0) is 133 Å². The molecule has 4 rings (SSSR count). The lowest BCUT2D eigenvalue weighted by Gasteiger charge is -2.51. The molecule has 0 saturated carbocycles. The Labute approximate surface area is 476 Å². The second-order valence-electron chi connectivity index (χ2n) is 18.1. The maximum Gasteiger partial charge on any atom is 0.303 e. The zero-order valence-electron chi connectivity index (χ0n) is 45.4. The van der Waals surface area contributed by atoms with Crippen LogP contribution in [0, 0.1) is 5.41 Å². The third-order valence-corrected chi connectivity index (χ3v) is 12.0. The zero-order chi connectivity index (χ0) is 61.0. The van der Waals surface area contributed by atoms with E-state index >= 15 is 0 Å². The molecule has 32 nitrogen and oxygen atoms in total. The van der Waals surface area contributed by atoms with Crippen molar-refractivity contribution in [3.05, 3.63) is 10.4 Å². The topological polar surface area (TPSA) is 409 Å². The van der Waals surface area contributed by atoms with Crippen molar-refractivity contribution in [1.82, 2.24) is 0 Å². The van der Waals surface area contributed by atoms with Crippen LogP contribution in [0.1, 0.15) is 83.1 Å². The van der Waals surface area contributed by atoms with Gasteiger partial charge < -0.3 is 85.3 Å². The fraction of sp³-hybridized carbons (Fsp3) is 0.761. The van der Waals surface area contributed by atoms with Gasteiger partial charge in [0.05, 0.1) is 12.2 Å². The predicted octanol–water partition coefficient (Wildman–Crippen LogP) is 1.70. The van der Waals surface area contributed by atoms with Crippen LogP contribution in [0.25, 0.3) is 10.4 Å². The first-order valence-electron chi connectivity index (χ1n) is 24.3. The summed E-state index contributed by atoms with van der Waals surface area (Å²) in [6.45, 7) is 10.7. The summed E-state index contributed by atoms with van der Waals surface area (Å²) in [6.07, 6.45) is -35.3. The van der Waals surface area contributed by atoms with E-state index in [0.717, 1.165) is 69.2 Å². The van der Waals surface area contributed by atoms with E-state index in [2.05, 4.69) is 10.0 Å². The third kappa shape index (κ3) is 19.3. The average molecular weight is 1220 g/mol. The molecule has 454 valence electrons. The highest BCUT2D eigenvalue weighted by Crippen LogP contribution is 2.41. The van der Waals surface area contributed by atoms with Crippen LogP contribution in [0.2, 0.25) is 0 Å². The molecule has 20 atom stereocenters. The van der Waals surface area contributed by atoms with Crippen LogP contribution in [0.4, 0.5) is 0 Å². The molecular weight excluding hydrogens is 1160 g/mol. The van der Waals surface area contributed by atoms with Gasteiger partial charge in [-0.2, -0.15) is 0 Å². The number of carbonyl (C=O) groups excluding carboxylic acids is 10. The fourth-order valence-corrected chi connectivity index (χ4v) is 8.89. The quantitative estimate of drug-likeness (QED) is 0.0265. The van der Waals surface area contributed by atoms with Crippen molar-refractivity contribution in [3.8, 4) is 0 Å². The number of nitrogens with zero attached hydrogens (tertiary/aromatic N) is 3. The van der Waals surface area contributed by atoms with Crippen LogP contribution < -0.4 is 0 Å². The molecule has 0 bridgehead atoms. The van der Waals surface area contributed by atoms with Gasteiger partial charge in [-0.1, -0.05) is 39.9 Å². The van der Waals surface area contributed by atoms with Gasteiger partial charge in [0.15, 0.2) is 73.8 Å². The molecule has 10 unspecified atom stereocenters. The lowest BCUT2D eigenvalue weighted by atomic mass is 9.94. The molecule has 81 heavy (non-hydrogen) atoms. The first-order valence-corrected chi connectivity index (χ1v) is 25.4. The molecule has 0 radical (unpaired) electrons. The lowest BCUT2D eigenvalue weighted by molar-refractivity contribution is -0.390. The van der Waals surface area contributed by atoms with E-state index in [1.165, 1.54) is 13.8 Å². The molecule has 0 amide bonds. The molecular formula is C46H61Cl3N4O28. The second kappa shape index (κ2) is 29.9. The van der Waals surface area contributed by atoms with E-state index in [1.54, 1.807) is 0 Å². The number of esters is 10. The number of carbonyl (C=O) groups is 10. The summed E-state index contributed by atoms with van der Waals surface area (Å²) in [5.41, 5.74) is 10.2. The predicted molar refractivity (Wildman–Crippen MR) is 260 cm³/mol. The zero-order valence-corrected chi connectivity index (χ0v) is 47.6. The summed E-state index contributed by atoms with van der Waals surface area (Å²) < 4.78 is 103. The van der Waals surface area contributed by atoms with Gasteiger partial charge >= 0.3 is 59.7 Å². The molecule has 0 spiro atoms. The second-order valence-corrected chi connectivity index (χ2v) is 20.4. The molecule has 0 aromatic heterocycles. The van der Waals surface area contributed by atoms with Crippen LogP contribution in [0.15, 0.2) is 5.11 Å². The van der Waals surface area contributed by atoms with Gasteiger partial charge in [-0.3, -0.25) is 53.4 Å². The Morgan fingerprint density at radius 3 is 1.10 bits per heavy atom. The average Bonchev–Trinajstić information content (AvgIpc) is 3.37.